The minimum atomic E-state index is -1.00. The number of rotatable bonds is 9. The Balaban J connectivity index is 3.17. The summed E-state index contributed by atoms with van der Waals surface area (Å²) in [6.07, 6.45) is 4.53. The molecule has 1 rings (SSSR count). The van der Waals surface area contributed by atoms with E-state index in [1.54, 1.807) is 18.0 Å². The third kappa shape index (κ3) is 7.83. The van der Waals surface area contributed by atoms with Crippen LogP contribution < -0.4 is 5.32 Å². The molecule has 0 saturated carbocycles. The Morgan fingerprint density at radius 3 is 2.15 bits per heavy atom. The fourth-order valence-corrected chi connectivity index (χ4v) is 4.58. The topological polar surface area (TPSA) is 90.0 Å². The Bertz CT molecular complexity index is 724. The number of carboxylic acid groups (broad SMARTS) is 1. The van der Waals surface area contributed by atoms with Crippen LogP contribution in [0.2, 0.25) is 0 Å². The van der Waals surface area contributed by atoms with Crippen LogP contribution in [0.25, 0.3) is 0 Å². The largest absolute Gasteiger partial charge is 0.478 e. The van der Waals surface area contributed by atoms with Gasteiger partial charge in [-0.15, -0.1) is 0 Å². The van der Waals surface area contributed by atoms with Crippen molar-refractivity contribution in [1.29, 1.82) is 0 Å². The summed E-state index contributed by atoms with van der Waals surface area (Å²) in [6, 6.07) is -1.10. The highest BCUT2D eigenvalue weighted by molar-refractivity contribution is 5.91. The molecule has 4 atom stereocenters. The van der Waals surface area contributed by atoms with E-state index < -0.39 is 17.4 Å². The number of aliphatic carboxylic acids is 1. The van der Waals surface area contributed by atoms with Crippen LogP contribution in [0.4, 0.5) is 0 Å². The van der Waals surface area contributed by atoms with Gasteiger partial charge in [0, 0.05) is 25.2 Å². The molecule has 0 spiro atoms. The fourth-order valence-electron chi connectivity index (χ4n) is 4.58. The lowest BCUT2D eigenvalue weighted by Gasteiger charge is -2.43. The van der Waals surface area contributed by atoms with Gasteiger partial charge >= 0.3 is 5.97 Å². The van der Waals surface area contributed by atoms with Gasteiger partial charge < -0.3 is 15.3 Å². The first-order valence-corrected chi connectivity index (χ1v) is 12.4. The number of likely N-dealkylation sites (N-methyl/N-ethyl adjacent to an activating group) is 1. The van der Waals surface area contributed by atoms with E-state index in [0.29, 0.717) is 5.92 Å². The highest BCUT2D eigenvalue weighted by Gasteiger charge is 2.40. The van der Waals surface area contributed by atoms with Crippen LogP contribution in [-0.2, 0) is 14.4 Å². The van der Waals surface area contributed by atoms with E-state index in [9.17, 15) is 19.5 Å². The molecule has 190 valence electrons. The Hall–Kier alpha value is -1.89. The molecule has 7 heteroatoms. The summed E-state index contributed by atoms with van der Waals surface area (Å²) in [5.41, 5.74) is -0.304. The van der Waals surface area contributed by atoms with E-state index in [2.05, 4.69) is 31.0 Å². The van der Waals surface area contributed by atoms with Crippen LogP contribution in [0.5, 0.6) is 0 Å². The number of piperidine rings is 1. The lowest BCUT2D eigenvalue weighted by atomic mass is 9.84. The van der Waals surface area contributed by atoms with E-state index in [4.69, 9.17) is 0 Å². The number of hydrogen-bond acceptors (Lipinski definition) is 4. The summed E-state index contributed by atoms with van der Waals surface area (Å²) in [4.78, 5) is 42.3. The Morgan fingerprint density at radius 1 is 1.15 bits per heavy atom. The minimum Gasteiger partial charge on any atom is -0.478 e. The second kappa shape index (κ2) is 12.0. The number of carboxylic acids is 1. The van der Waals surface area contributed by atoms with E-state index in [1.165, 1.54) is 6.92 Å². The molecular formula is C26H47N3O4. The van der Waals surface area contributed by atoms with Crippen molar-refractivity contribution in [3.63, 3.8) is 0 Å². The number of nitrogens with one attached hydrogen (secondary N) is 1. The van der Waals surface area contributed by atoms with Crippen molar-refractivity contribution in [2.24, 2.45) is 17.3 Å². The molecule has 2 amide bonds. The number of carbonyl (C=O) groups is 3. The van der Waals surface area contributed by atoms with E-state index in [-0.39, 0.29) is 41.4 Å². The summed E-state index contributed by atoms with van der Waals surface area (Å²) in [7, 11) is 1.69. The molecule has 0 radical (unpaired) electrons. The molecule has 0 aromatic carbocycles. The lowest BCUT2D eigenvalue weighted by Crippen LogP contribution is -2.61. The predicted octanol–water partition coefficient (Wildman–Crippen LogP) is 3.93. The molecule has 0 bridgehead atoms. The lowest BCUT2D eigenvalue weighted by molar-refractivity contribution is -0.142. The third-order valence-corrected chi connectivity index (χ3v) is 6.90. The van der Waals surface area contributed by atoms with Gasteiger partial charge in [-0.3, -0.25) is 14.5 Å². The van der Waals surface area contributed by atoms with Crippen LogP contribution >= 0.6 is 0 Å². The maximum absolute atomic E-state index is 13.6. The second-order valence-electron chi connectivity index (χ2n) is 11.3. The standard InChI is InChI=1S/C26H47N3O4/c1-11-19-12-13-20(29(15-19)17(4)5)23(30)27-22(26(7,8)9)24(31)28(10)21(16(2)3)14-18(6)25(32)33/h14,16-17,19-22H,11-13,15H2,1-10H3,(H,27,30)(H,32,33)/b18-14+/t19-,20-,21-,22?/m1/s1. The summed E-state index contributed by atoms with van der Waals surface area (Å²) < 4.78 is 0. The van der Waals surface area contributed by atoms with Crippen molar-refractivity contribution < 1.29 is 19.5 Å². The van der Waals surface area contributed by atoms with E-state index >= 15 is 0 Å². The maximum Gasteiger partial charge on any atom is 0.331 e. The van der Waals surface area contributed by atoms with Crippen molar-refractivity contribution in [3.8, 4) is 0 Å². The summed E-state index contributed by atoms with van der Waals surface area (Å²) in [5, 5.41) is 12.4. The van der Waals surface area contributed by atoms with Gasteiger partial charge in [0.1, 0.15) is 6.04 Å². The first kappa shape index (κ1) is 29.1. The van der Waals surface area contributed by atoms with Gasteiger partial charge in [-0.2, -0.15) is 0 Å². The SMILES string of the molecule is CC[C@@H]1CC[C@H](C(=O)NC(C(=O)N(C)[C@H](/C=C(\C)C(=O)O)C(C)C)C(C)(C)C)N(C(C)C)C1. The zero-order chi connectivity index (χ0) is 25.7. The van der Waals surface area contributed by atoms with Crippen molar-refractivity contribution in [2.45, 2.75) is 106 Å². The minimum absolute atomic E-state index is 0.0188. The zero-order valence-electron chi connectivity index (χ0n) is 22.4. The van der Waals surface area contributed by atoms with E-state index in [1.807, 2.05) is 34.6 Å². The van der Waals surface area contributed by atoms with Gasteiger partial charge in [0.2, 0.25) is 11.8 Å². The van der Waals surface area contributed by atoms with Gasteiger partial charge in [0.15, 0.2) is 0 Å². The number of likely N-dealkylation sites (tertiary alicyclic amines) is 1. The number of nitrogens with zero attached hydrogens (tertiary/aromatic N) is 2. The molecule has 2 N–H and O–H groups in total. The van der Waals surface area contributed by atoms with Gasteiger partial charge in [0.25, 0.3) is 0 Å². The zero-order valence-corrected chi connectivity index (χ0v) is 22.4. The normalized spacial score (nSPS) is 22.2. The number of carbonyl (C=O) groups excluding carboxylic acids is 2. The molecule has 33 heavy (non-hydrogen) atoms. The predicted molar refractivity (Wildman–Crippen MR) is 133 cm³/mol. The molecule has 1 unspecified atom stereocenters. The molecular weight excluding hydrogens is 418 g/mol. The summed E-state index contributed by atoms with van der Waals surface area (Å²) in [6.45, 7) is 18.6. The molecule has 1 aliphatic heterocycles. The highest BCUT2D eigenvalue weighted by Crippen LogP contribution is 2.28. The smallest absolute Gasteiger partial charge is 0.331 e. The first-order chi connectivity index (χ1) is 15.1. The van der Waals surface area contributed by atoms with E-state index in [0.717, 1.165) is 25.8 Å². The van der Waals surface area contributed by atoms with Crippen LogP contribution in [0.3, 0.4) is 0 Å². The number of hydrogen-bond donors (Lipinski definition) is 2. The average molecular weight is 466 g/mol. The molecule has 1 fully saturated rings. The molecule has 1 heterocycles. The van der Waals surface area contributed by atoms with Gasteiger partial charge in [0.05, 0.1) is 12.1 Å². The van der Waals surface area contributed by atoms with Crippen molar-refractivity contribution in [1.82, 2.24) is 15.1 Å². The monoisotopic (exact) mass is 465 g/mol. The molecule has 1 saturated heterocycles. The average Bonchev–Trinajstić information content (AvgIpc) is 2.72. The molecule has 0 aliphatic carbocycles. The van der Waals surface area contributed by atoms with Crippen molar-refractivity contribution in [3.05, 3.63) is 11.6 Å². The number of amides is 2. The summed E-state index contributed by atoms with van der Waals surface area (Å²) >= 11 is 0. The Labute approximate surface area is 201 Å². The quantitative estimate of drug-likeness (QED) is 0.504. The Morgan fingerprint density at radius 2 is 1.73 bits per heavy atom. The van der Waals surface area contributed by atoms with Gasteiger partial charge in [-0.05, 0) is 50.9 Å². The van der Waals surface area contributed by atoms with Crippen LogP contribution in [0.15, 0.2) is 11.6 Å². The summed E-state index contributed by atoms with van der Waals surface area (Å²) in [5.74, 6) is -0.691. The molecule has 0 aromatic rings. The fraction of sp³-hybridized carbons (Fsp3) is 0.808. The van der Waals surface area contributed by atoms with Crippen LogP contribution in [0, 0.1) is 17.3 Å². The molecule has 7 nitrogen and oxygen atoms in total. The molecule has 0 aromatic heterocycles. The van der Waals surface area contributed by atoms with Crippen LogP contribution in [-0.4, -0.2) is 70.4 Å². The first-order valence-electron chi connectivity index (χ1n) is 12.4. The van der Waals surface area contributed by atoms with Gasteiger partial charge in [-0.25, -0.2) is 4.79 Å². The second-order valence-corrected chi connectivity index (χ2v) is 11.3. The maximum atomic E-state index is 13.6. The van der Waals surface area contributed by atoms with Gasteiger partial charge in [-0.1, -0.05) is 54.0 Å². The molecule has 1 aliphatic rings. The van der Waals surface area contributed by atoms with Crippen LogP contribution in [0.1, 0.15) is 81.6 Å². The van der Waals surface area contributed by atoms with Crippen molar-refractivity contribution in [2.75, 3.05) is 13.6 Å². The highest BCUT2D eigenvalue weighted by atomic mass is 16.4. The van der Waals surface area contributed by atoms with Crippen molar-refractivity contribution >= 4 is 17.8 Å². The Kier molecular flexibility index (Phi) is 10.6. The third-order valence-electron chi connectivity index (χ3n) is 6.90.